The van der Waals surface area contributed by atoms with Crippen molar-refractivity contribution < 1.29 is 13.2 Å². The molecule has 3 aromatic rings. The smallest absolute Gasteiger partial charge is 0.243 e. The van der Waals surface area contributed by atoms with Crippen molar-refractivity contribution in [1.29, 1.82) is 0 Å². The summed E-state index contributed by atoms with van der Waals surface area (Å²) in [5.74, 6) is -0.182. The molecule has 3 aromatic carbocycles. The molecule has 0 saturated heterocycles. The van der Waals surface area contributed by atoms with Crippen LogP contribution in [-0.4, -0.2) is 25.2 Å². The minimum atomic E-state index is -3.93. The SMILES string of the molecule is Cc1cccc(C(C)C)c1NC(=O)CN(Cc1ccccc1)S(=O)(=O)c1ccc(Cl)cc1. The summed E-state index contributed by atoms with van der Waals surface area (Å²) < 4.78 is 28.0. The van der Waals surface area contributed by atoms with Gasteiger partial charge in [-0.15, -0.1) is 0 Å². The molecule has 32 heavy (non-hydrogen) atoms. The average Bonchev–Trinajstić information content (AvgIpc) is 2.75. The minimum Gasteiger partial charge on any atom is -0.324 e. The van der Waals surface area contributed by atoms with Crippen molar-refractivity contribution in [3.8, 4) is 0 Å². The van der Waals surface area contributed by atoms with Gasteiger partial charge in [-0.2, -0.15) is 4.31 Å². The summed E-state index contributed by atoms with van der Waals surface area (Å²) >= 11 is 5.93. The van der Waals surface area contributed by atoms with Gasteiger partial charge in [-0.1, -0.05) is 74.0 Å². The van der Waals surface area contributed by atoms with Crippen LogP contribution in [0.15, 0.2) is 77.7 Å². The molecule has 0 aliphatic heterocycles. The predicted molar refractivity (Wildman–Crippen MR) is 129 cm³/mol. The van der Waals surface area contributed by atoms with E-state index in [4.69, 9.17) is 11.6 Å². The number of sulfonamides is 1. The zero-order valence-electron chi connectivity index (χ0n) is 18.4. The highest BCUT2D eigenvalue weighted by Crippen LogP contribution is 2.28. The van der Waals surface area contributed by atoms with Gasteiger partial charge in [0.25, 0.3) is 0 Å². The highest BCUT2D eigenvalue weighted by molar-refractivity contribution is 7.89. The maximum absolute atomic E-state index is 13.4. The molecule has 0 radical (unpaired) electrons. The molecule has 0 aliphatic rings. The lowest BCUT2D eigenvalue weighted by Crippen LogP contribution is -2.37. The van der Waals surface area contributed by atoms with Gasteiger partial charge in [-0.25, -0.2) is 8.42 Å². The van der Waals surface area contributed by atoms with Crippen molar-refractivity contribution in [3.05, 3.63) is 94.5 Å². The molecule has 168 valence electrons. The largest absolute Gasteiger partial charge is 0.324 e. The van der Waals surface area contributed by atoms with Gasteiger partial charge < -0.3 is 5.32 Å². The van der Waals surface area contributed by atoms with Crippen molar-refractivity contribution in [2.24, 2.45) is 0 Å². The number of para-hydroxylation sites is 1. The van der Waals surface area contributed by atoms with Crippen LogP contribution in [0, 0.1) is 6.92 Å². The van der Waals surface area contributed by atoms with E-state index in [0.29, 0.717) is 5.02 Å². The monoisotopic (exact) mass is 470 g/mol. The fraction of sp³-hybridized carbons (Fsp3) is 0.240. The zero-order valence-corrected chi connectivity index (χ0v) is 20.0. The van der Waals surface area contributed by atoms with E-state index >= 15 is 0 Å². The van der Waals surface area contributed by atoms with Gasteiger partial charge in [-0.05, 0) is 53.8 Å². The first-order valence-corrected chi connectivity index (χ1v) is 12.2. The second-order valence-electron chi connectivity index (χ2n) is 7.95. The number of hydrogen-bond acceptors (Lipinski definition) is 3. The van der Waals surface area contributed by atoms with Crippen molar-refractivity contribution >= 4 is 33.2 Å². The van der Waals surface area contributed by atoms with E-state index in [1.165, 1.54) is 28.6 Å². The van der Waals surface area contributed by atoms with E-state index < -0.39 is 15.9 Å². The maximum Gasteiger partial charge on any atom is 0.243 e. The third-order valence-corrected chi connectivity index (χ3v) is 7.22. The van der Waals surface area contributed by atoms with Crippen LogP contribution in [0.5, 0.6) is 0 Å². The summed E-state index contributed by atoms with van der Waals surface area (Å²) in [4.78, 5) is 13.1. The van der Waals surface area contributed by atoms with Gasteiger partial charge in [0.1, 0.15) is 0 Å². The molecule has 0 aliphatic carbocycles. The van der Waals surface area contributed by atoms with Crippen LogP contribution < -0.4 is 5.32 Å². The van der Waals surface area contributed by atoms with E-state index in [9.17, 15) is 13.2 Å². The first-order chi connectivity index (χ1) is 15.2. The predicted octanol–water partition coefficient (Wildman–Crippen LogP) is 5.60. The van der Waals surface area contributed by atoms with E-state index in [0.717, 1.165) is 22.4 Å². The zero-order chi connectivity index (χ0) is 23.3. The van der Waals surface area contributed by atoms with Crippen LogP contribution in [0.3, 0.4) is 0 Å². The standard InChI is InChI=1S/C25H27ClN2O3S/c1-18(2)23-11-7-8-19(3)25(23)27-24(29)17-28(16-20-9-5-4-6-10-20)32(30,31)22-14-12-21(26)13-15-22/h4-15,18H,16-17H2,1-3H3,(H,27,29). The Labute approximate surface area is 195 Å². The lowest BCUT2D eigenvalue weighted by atomic mass is 9.98. The Morgan fingerprint density at radius 3 is 2.25 bits per heavy atom. The van der Waals surface area contributed by atoms with Crippen LogP contribution >= 0.6 is 11.6 Å². The van der Waals surface area contributed by atoms with Crippen molar-refractivity contribution in [1.82, 2.24) is 4.31 Å². The topological polar surface area (TPSA) is 66.5 Å². The fourth-order valence-corrected chi connectivity index (χ4v) is 4.96. The first-order valence-electron chi connectivity index (χ1n) is 10.4. The number of hydrogen-bond donors (Lipinski definition) is 1. The Bertz CT molecular complexity index is 1180. The van der Waals surface area contributed by atoms with Crippen LogP contribution in [0.1, 0.15) is 36.5 Å². The number of halogens is 1. The summed E-state index contributed by atoms with van der Waals surface area (Å²) in [6.07, 6.45) is 0. The third kappa shape index (κ3) is 5.76. The van der Waals surface area contributed by atoms with Gasteiger partial charge in [-0.3, -0.25) is 4.79 Å². The highest BCUT2D eigenvalue weighted by atomic mass is 35.5. The maximum atomic E-state index is 13.4. The van der Waals surface area contributed by atoms with Crippen LogP contribution in [-0.2, 0) is 21.4 Å². The number of rotatable bonds is 8. The molecule has 0 bridgehead atoms. The lowest BCUT2D eigenvalue weighted by molar-refractivity contribution is -0.116. The number of nitrogens with one attached hydrogen (secondary N) is 1. The Hall–Kier alpha value is -2.67. The van der Waals surface area contributed by atoms with E-state index in [2.05, 4.69) is 19.2 Å². The summed E-state index contributed by atoms with van der Waals surface area (Å²) in [7, 11) is -3.93. The lowest BCUT2D eigenvalue weighted by Gasteiger charge is -2.23. The van der Waals surface area contributed by atoms with Gasteiger partial charge in [0, 0.05) is 17.3 Å². The number of amides is 1. The van der Waals surface area contributed by atoms with Crippen LogP contribution in [0.25, 0.3) is 0 Å². The average molecular weight is 471 g/mol. The van der Waals surface area contributed by atoms with Crippen LogP contribution in [0.2, 0.25) is 5.02 Å². The van der Waals surface area contributed by atoms with Gasteiger partial charge in [0.15, 0.2) is 0 Å². The number of anilines is 1. The van der Waals surface area contributed by atoms with Crippen molar-refractivity contribution in [2.45, 2.75) is 38.1 Å². The van der Waals surface area contributed by atoms with E-state index in [-0.39, 0.29) is 23.9 Å². The molecule has 1 amide bonds. The molecule has 1 N–H and O–H groups in total. The number of aryl methyl sites for hydroxylation is 1. The Kier molecular flexibility index (Phi) is 7.72. The number of nitrogens with zero attached hydrogens (tertiary/aromatic N) is 1. The minimum absolute atomic E-state index is 0.0734. The number of carbonyl (C=O) groups is 1. The molecule has 0 unspecified atom stereocenters. The molecule has 0 fully saturated rings. The summed E-state index contributed by atoms with van der Waals surface area (Å²) in [6, 6.07) is 21.0. The summed E-state index contributed by atoms with van der Waals surface area (Å²) in [6.45, 7) is 5.79. The van der Waals surface area contributed by atoms with Gasteiger partial charge in [0.05, 0.1) is 11.4 Å². The Morgan fingerprint density at radius 2 is 1.62 bits per heavy atom. The van der Waals surface area contributed by atoms with E-state index in [1.54, 1.807) is 0 Å². The van der Waals surface area contributed by atoms with Gasteiger partial charge in [0.2, 0.25) is 15.9 Å². The second-order valence-corrected chi connectivity index (χ2v) is 10.3. The van der Waals surface area contributed by atoms with Crippen LogP contribution in [0.4, 0.5) is 5.69 Å². The molecule has 0 saturated carbocycles. The second kappa shape index (κ2) is 10.3. The molecular formula is C25H27ClN2O3S. The molecule has 7 heteroatoms. The highest BCUT2D eigenvalue weighted by Gasteiger charge is 2.27. The Morgan fingerprint density at radius 1 is 0.969 bits per heavy atom. The van der Waals surface area contributed by atoms with Gasteiger partial charge >= 0.3 is 0 Å². The number of carbonyl (C=O) groups excluding carboxylic acids is 1. The molecule has 0 spiro atoms. The summed E-state index contributed by atoms with van der Waals surface area (Å²) in [5, 5.41) is 3.38. The Balaban J connectivity index is 1.91. The van der Waals surface area contributed by atoms with E-state index in [1.807, 2.05) is 55.5 Å². The fourth-order valence-electron chi connectivity index (χ4n) is 3.45. The third-order valence-electron chi connectivity index (χ3n) is 5.16. The van der Waals surface area contributed by atoms with Crippen molar-refractivity contribution in [2.75, 3.05) is 11.9 Å². The molecule has 3 rings (SSSR count). The molecule has 0 aromatic heterocycles. The molecular weight excluding hydrogens is 444 g/mol. The quantitative estimate of drug-likeness (QED) is 0.465. The molecule has 0 atom stereocenters. The summed E-state index contributed by atoms with van der Waals surface area (Å²) in [5.41, 5.74) is 3.46. The number of benzene rings is 3. The molecule has 5 nitrogen and oxygen atoms in total. The van der Waals surface area contributed by atoms with Crippen molar-refractivity contribution in [3.63, 3.8) is 0 Å². The first kappa shape index (κ1) is 24.0. The normalized spacial score (nSPS) is 11.7. The molecule has 0 heterocycles.